The van der Waals surface area contributed by atoms with E-state index in [1.165, 1.54) is 12.1 Å². The Hall–Kier alpha value is -3.79. The first-order valence-corrected chi connectivity index (χ1v) is 12.4. The maximum Gasteiger partial charge on any atom is 0.308 e. The number of hydrogen-bond acceptors (Lipinski definition) is 6. The number of rotatable bonds is 7. The van der Waals surface area contributed by atoms with E-state index in [2.05, 4.69) is 9.71 Å². The van der Waals surface area contributed by atoms with Gasteiger partial charge in [-0.1, -0.05) is 18.2 Å². The second kappa shape index (κ2) is 9.46. The fourth-order valence-electron chi connectivity index (χ4n) is 3.97. The van der Waals surface area contributed by atoms with Crippen molar-refractivity contribution in [3.05, 3.63) is 82.4 Å². The highest BCUT2D eigenvalue weighted by Crippen LogP contribution is 2.24. The van der Waals surface area contributed by atoms with E-state index in [-0.39, 0.29) is 35.3 Å². The number of ketones is 1. The zero-order chi connectivity index (χ0) is 25.3. The predicted molar refractivity (Wildman–Crippen MR) is 128 cm³/mol. The van der Waals surface area contributed by atoms with Gasteiger partial charge in [0, 0.05) is 28.2 Å². The van der Waals surface area contributed by atoms with Crippen LogP contribution in [0.15, 0.2) is 58.4 Å². The van der Waals surface area contributed by atoms with Crippen molar-refractivity contribution in [2.24, 2.45) is 4.99 Å². The summed E-state index contributed by atoms with van der Waals surface area (Å²) in [7, 11) is -3.65. The van der Waals surface area contributed by atoms with Crippen molar-refractivity contribution in [2.45, 2.75) is 32.1 Å². The van der Waals surface area contributed by atoms with Crippen molar-refractivity contribution in [3.8, 4) is 5.69 Å². The van der Waals surface area contributed by atoms with E-state index in [0.717, 1.165) is 5.69 Å². The molecule has 0 bridgehead atoms. The van der Waals surface area contributed by atoms with Gasteiger partial charge in [0.05, 0.1) is 17.9 Å². The van der Waals surface area contributed by atoms with Gasteiger partial charge in [0.1, 0.15) is 11.7 Å². The third kappa shape index (κ3) is 4.88. The Morgan fingerprint density at radius 1 is 1.09 bits per heavy atom. The molecule has 1 aliphatic rings. The normalized spacial score (nSPS) is 15.0. The average Bonchev–Trinajstić information content (AvgIpc) is 3.26. The number of benzene rings is 2. The minimum Gasteiger partial charge on any atom is -0.457 e. The molecule has 8 nitrogen and oxygen atoms in total. The SMILES string of the molecule is Cc1ccc(-n2c(C)cc(C(=O)COC(=O)CCN=C3NS(=O)(=O)c4ccccc43)c2C)cc1F. The summed E-state index contributed by atoms with van der Waals surface area (Å²) in [4.78, 5) is 29.2. The molecule has 35 heavy (non-hydrogen) atoms. The summed E-state index contributed by atoms with van der Waals surface area (Å²) in [5, 5.41) is 0. The zero-order valence-electron chi connectivity index (χ0n) is 19.5. The molecule has 1 aromatic heterocycles. The second-order valence-electron chi connectivity index (χ2n) is 8.22. The van der Waals surface area contributed by atoms with E-state index < -0.39 is 22.6 Å². The molecule has 0 amide bonds. The lowest BCUT2D eigenvalue weighted by Gasteiger charge is -2.11. The number of aliphatic imine (C=N–C) groups is 1. The molecule has 0 atom stereocenters. The molecular formula is C25H24FN3O5S. The molecule has 0 spiro atoms. The van der Waals surface area contributed by atoms with E-state index in [1.807, 2.05) is 6.92 Å². The van der Waals surface area contributed by atoms with Crippen LogP contribution in [0.25, 0.3) is 5.69 Å². The zero-order valence-corrected chi connectivity index (χ0v) is 20.3. The number of Topliss-reactive ketones (excluding diaryl/α,β-unsaturated/α-hetero) is 1. The van der Waals surface area contributed by atoms with Crippen LogP contribution in [0.4, 0.5) is 4.39 Å². The fraction of sp³-hybridized carbons (Fsp3) is 0.240. The van der Waals surface area contributed by atoms with Gasteiger partial charge in [-0.2, -0.15) is 0 Å². The van der Waals surface area contributed by atoms with E-state index in [4.69, 9.17) is 4.74 Å². The summed E-state index contributed by atoms with van der Waals surface area (Å²) in [6, 6.07) is 13.0. The van der Waals surface area contributed by atoms with Gasteiger partial charge < -0.3 is 9.30 Å². The minimum atomic E-state index is -3.65. The first kappa shape index (κ1) is 24.3. The Morgan fingerprint density at radius 2 is 1.83 bits per heavy atom. The van der Waals surface area contributed by atoms with Crippen LogP contribution >= 0.6 is 0 Å². The number of nitrogens with one attached hydrogen (secondary N) is 1. The average molecular weight is 498 g/mol. The molecule has 2 heterocycles. The van der Waals surface area contributed by atoms with Crippen molar-refractivity contribution in [3.63, 3.8) is 0 Å². The maximum atomic E-state index is 14.0. The van der Waals surface area contributed by atoms with E-state index in [1.54, 1.807) is 54.8 Å². The topological polar surface area (TPSA) is 107 Å². The smallest absolute Gasteiger partial charge is 0.308 e. The number of fused-ring (bicyclic) bond motifs is 1. The van der Waals surface area contributed by atoms with Crippen molar-refractivity contribution < 1.29 is 27.1 Å². The number of hydrogen-bond donors (Lipinski definition) is 1. The first-order chi connectivity index (χ1) is 16.6. The van der Waals surface area contributed by atoms with Gasteiger partial charge >= 0.3 is 5.97 Å². The fourth-order valence-corrected chi connectivity index (χ4v) is 5.22. The van der Waals surface area contributed by atoms with Gasteiger partial charge in [0.15, 0.2) is 6.61 Å². The van der Waals surface area contributed by atoms with Gasteiger partial charge in [0.25, 0.3) is 10.0 Å². The number of sulfonamides is 1. The van der Waals surface area contributed by atoms with Gasteiger partial charge in [0.2, 0.25) is 5.78 Å². The van der Waals surface area contributed by atoms with Crippen molar-refractivity contribution in [1.82, 2.24) is 9.29 Å². The number of halogens is 1. The van der Waals surface area contributed by atoms with Crippen LogP contribution in [-0.2, 0) is 19.6 Å². The van der Waals surface area contributed by atoms with Crippen LogP contribution in [0, 0.1) is 26.6 Å². The van der Waals surface area contributed by atoms with Crippen LogP contribution in [-0.4, -0.2) is 43.7 Å². The van der Waals surface area contributed by atoms with Crippen LogP contribution in [0.1, 0.15) is 39.3 Å². The molecule has 182 valence electrons. The molecule has 0 saturated heterocycles. The van der Waals surface area contributed by atoms with Gasteiger partial charge in [-0.15, -0.1) is 0 Å². The summed E-state index contributed by atoms with van der Waals surface area (Å²) in [5.41, 5.74) is 3.32. The van der Waals surface area contributed by atoms with E-state index in [0.29, 0.717) is 28.1 Å². The third-order valence-corrected chi connectivity index (χ3v) is 7.16. The molecule has 0 radical (unpaired) electrons. The van der Waals surface area contributed by atoms with E-state index >= 15 is 0 Å². The lowest BCUT2D eigenvalue weighted by molar-refractivity contribution is -0.142. The lowest BCUT2D eigenvalue weighted by Crippen LogP contribution is -2.22. The van der Waals surface area contributed by atoms with Crippen LogP contribution < -0.4 is 4.72 Å². The number of carbonyl (C=O) groups is 2. The third-order valence-electron chi connectivity index (χ3n) is 5.76. The summed E-state index contributed by atoms with van der Waals surface area (Å²) >= 11 is 0. The Kier molecular flexibility index (Phi) is 6.58. The summed E-state index contributed by atoms with van der Waals surface area (Å²) in [6.45, 7) is 4.78. The number of aryl methyl sites for hydroxylation is 2. The number of nitrogens with zero attached hydrogens (tertiary/aromatic N) is 2. The molecule has 4 rings (SSSR count). The molecule has 1 N–H and O–H groups in total. The predicted octanol–water partition coefficient (Wildman–Crippen LogP) is 3.40. The molecule has 0 unspecified atom stereocenters. The van der Waals surface area contributed by atoms with Crippen molar-refractivity contribution in [1.29, 1.82) is 0 Å². The van der Waals surface area contributed by atoms with Gasteiger partial charge in [-0.3, -0.25) is 19.3 Å². The van der Waals surface area contributed by atoms with Gasteiger partial charge in [-0.05, 0) is 56.7 Å². The number of aromatic nitrogens is 1. The summed E-state index contributed by atoms with van der Waals surface area (Å²) in [5.74, 6) is -1.18. The van der Waals surface area contributed by atoms with Crippen molar-refractivity contribution in [2.75, 3.05) is 13.2 Å². The highest BCUT2D eigenvalue weighted by atomic mass is 32.2. The number of carbonyl (C=O) groups excluding carboxylic acids is 2. The monoisotopic (exact) mass is 497 g/mol. The molecular weight excluding hydrogens is 473 g/mol. The van der Waals surface area contributed by atoms with Crippen LogP contribution in [0.3, 0.4) is 0 Å². The van der Waals surface area contributed by atoms with Crippen LogP contribution in [0.5, 0.6) is 0 Å². The van der Waals surface area contributed by atoms with Crippen molar-refractivity contribution >= 4 is 27.6 Å². The maximum absolute atomic E-state index is 14.0. The quantitative estimate of drug-likeness (QED) is 0.398. The Balaban J connectivity index is 1.37. The second-order valence-corrected chi connectivity index (χ2v) is 9.87. The minimum absolute atomic E-state index is 0.00723. The first-order valence-electron chi connectivity index (χ1n) is 10.9. The number of esters is 1. The highest BCUT2D eigenvalue weighted by Gasteiger charge is 2.30. The summed E-state index contributed by atoms with van der Waals surface area (Å²) in [6.07, 6.45) is -0.123. The molecule has 3 aromatic rings. The Morgan fingerprint density at radius 3 is 2.57 bits per heavy atom. The largest absolute Gasteiger partial charge is 0.457 e. The molecule has 0 saturated carbocycles. The Bertz CT molecular complexity index is 1470. The highest BCUT2D eigenvalue weighted by molar-refractivity contribution is 7.90. The number of ether oxygens (including phenoxy) is 1. The molecule has 0 aliphatic carbocycles. The Labute approximate surface area is 202 Å². The van der Waals surface area contributed by atoms with Crippen LogP contribution in [0.2, 0.25) is 0 Å². The summed E-state index contributed by atoms with van der Waals surface area (Å²) < 4.78 is 47.5. The standard InChI is InChI=1S/C25H24FN3O5S/c1-15-8-9-18(13-21(15)26)29-16(2)12-20(17(29)3)22(30)14-34-24(31)10-11-27-25-19-6-4-5-7-23(19)35(32,33)28-25/h4-9,12-13H,10-11,14H2,1-3H3,(H,27,28). The number of amidine groups is 1. The molecule has 2 aromatic carbocycles. The lowest BCUT2D eigenvalue weighted by atomic mass is 10.1. The molecule has 1 aliphatic heterocycles. The molecule has 10 heteroatoms. The molecule has 0 fully saturated rings. The van der Waals surface area contributed by atoms with Gasteiger partial charge in [-0.25, -0.2) is 12.8 Å². The van der Waals surface area contributed by atoms with E-state index in [9.17, 15) is 22.4 Å².